The molecule has 160 valence electrons. The number of benzene rings is 2. The van der Waals surface area contributed by atoms with Crippen LogP contribution in [-0.2, 0) is 0 Å². The van der Waals surface area contributed by atoms with Gasteiger partial charge in [-0.15, -0.1) is 0 Å². The second-order valence-electron chi connectivity index (χ2n) is 8.17. The van der Waals surface area contributed by atoms with Crippen molar-refractivity contribution in [3.8, 4) is 11.4 Å². The maximum absolute atomic E-state index is 12.7. The van der Waals surface area contributed by atoms with Crippen LogP contribution in [0.4, 0.5) is 16.3 Å². The Morgan fingerprint density at radius 3 is 2.23 bits per heavy atom. The van der Waals surface area contributed by atoms with Crippen LogP contribution in [0.2, 0.25) is 0 Å². The van der Waals surface area contributed by atoms with E-state index in [9.17, 15) is 4.79 Å². The van der Waals surface area contributed by atoms with E-state index in [2.05, 4.69) is 48.3 Å². The molecule has 1 aromatic heterocycles. The van der Waals surface area contributed by atoms with E-state index in [1.54, 1.807) is 0 Å². The molecule has 0 unspecified atom stereocenters. The van der Waals surface area contributed by atoms with Gasteiger partial charge in [0.1, 0.15) is 5.82 Å². The van der Waals surface area contributed by atoms with Gasteiger partial charge in [0, 0.05) is 48.7 Å². The number of hydrogen-bond acceptors (Lipinski definition) is 4. The predicted molar refractivity (Wildman–Crippen MR) is 126 cm³/mol. The number of urea groups is 1. The van der Waals surface area contributed by atoms with Crippen LogP contribution in [0.25, 0.3) is 11.4 Å². The lowest BCUT2D eigenvalue weighted by Gasteiger charge is -2.36. The van der Waals surface area contributed by atoms with Gasteiger partial charge in [0.05, 0.1) is 0 Å². The lowest BCUT2D eigenvalue weighted by molar-refractivity contribution is 0.208. The highest BCUT2D eigenvalue weighted by Gasteiger charge is 2.24. The zero-order valence-corrected chi connectivity index (χ0v) is 18.6. The molecule has 2 amide bonds. The first-order chi connectivity index (χ1) is 14.9. The molecule has 1 aliphatic rings. The summed E-state index contributed by atoms with van der Waals surface area (Å²) in [6, 6.07) is 16.1. The van der Waals surface area contributed by atoms with Crippen molar-refractivity contribution in [2.75, 3.05) is 36.4 Å². The van der Waals surface area contributed by atoms with Gasteiger partial charge in [-0.2, -0.15) is 0 Å². The van der Waals surface area contributed by atoms with Gasteiger partial charge in [0.15, 0.2) is 5.82 Å². The van der Waals surface area contributed by atoms with E-state index in [1.165, 1.54) is 5.56 Å². The number of rotatable bonds is 3. The number of aromatic nitrogens is 2. The summed E-state index contributed by atoms with van der Waals surface area (Å²) in [5.41, 5.74) is 6.23. The second kappa shape index (κ2) is 8.76. The number of anilines is 2. The van der Waals surface area contributed by atoms with Crippen molar-refractivity contribution >= 4 is 17.5 Å². The highest BCUT2D eigenvalue weighted by atomic mass is 16.2. The standard InChI is InChI=1S/C25H29N5O/c1-17-9-11-21(12-10-17)23-26-20(4)19(3)24(28-23)29-13-15-30(16-14-29)25(31)27-22-8-6-5-7-18(22)2/h5-12H,13-16H2,1-4H3,(H,27,31). The van der Waals surface area contributed by atoms with Crippen LogP contribution in [0.15, 0.2) is 48.5 Å². The molecule has 0 radical (unpaired) electrons. The molecule has 0 atom stereocenters. The van der Waals surface area contributed by atoms with Gasteiger partial charge in [0.2, 0.25) is 0 Å². The Kier molecular flexibility index (Phi) is 5.89. The number of hydrogen-bond donors (Lipinski definition) is 1. The first-order valence-electron chi connectivity index (χ1n) is 10.7. The molecule has 3 aromatic rings. The van der Waals surface area contributed by atoms with Crippen molar-refractivity contribution in [1.29, 1.82) is 0 Å². The molecule has 1 fully saturated rings. The van der Waals surface area contributed by atoms with E-state index >= 15 is 0 Å². The van der Waals surface area contributed by atoms with Crippen molar-refractivity contribution < 1.29 is 4.79 Å². The number of amides is 2. The number of aryl methyl sites for hydroxylation is 3. The van der Waals surface area contributed by atoms with Crippen molar-refractivity contribution in [2.24, 2.45) is 0 Å². The SMILES string of the molecule is Cc1ccc(-c2nc(C)c(C)c(N3CCN(C(=O)Nc4ccccc4C)CC3)n2)cc1. The van der Waals surface area contributed by atoms with Gasteiger partial charge in [-0.3, -0.25) is 0 Å². The minimum Gasteiger partial charge on any atom is -0.353 e. The Hall–Kier alpha value is -3.41. The molecule has 1 N–H and O–H groups in total. The quantitative estimate of drug-likeness (QED) is 0.672. The first kappa shape index (κ1) is 20.8. The van der Waals surface area contributed by atoms with E-state index in [1.807, 2.05) is 43.0 Å². The van der Waals surface area contributed by atoms with E-state index < -0.39 is 0 Å². The van der Waals surface area contributed by atoms with Crippen molar-refractivity contribution in [3.05, 3.63) is 70.9 Å². The van der Waals surface area contributed by atoms with Crippen LogP contribution >= 0.6 is 0 Å². The van der Waals surface area contributed by atoms with E-state index in [4.69, 9.17) is 9.97 Å². The third kappa shape index (κ3) is 4.53. The third-order valence-electron chi connectivity index (χ3n) is 5.93. The minimum atomic E-state index is -0.0510. The van der Waals surface area contributed by atoms with Gasteiger partial charge in [0.25, 0.3) is 0 Å². The number of carbonyl (C=O) groups excluding carboxylic acids is 1. The fraction of sp³-hybridized carbons (Fsp3) is 0.320. The lowest BCUT2D eigenvalue weighted by atomic mass is 10.1. The molecule has 1 aliphatic heterocycles. The van der Waals surface area contributed by atoms with Crippen LogP contribution < -0.4 is 10.2 Å². The maximum Gasteiger partial charge on any atom is 0.321 e. The Balaban J connectivity index is 1.47. The maximum atomic E-state index is 12.7. The fourth-order valence-electron chi connectivity index (χ4n) is 3.78. The summed E-state index contributed by atoms with van der Waals surface area (Å²) in [7, 11) is 0. The highest BCUT2D eigenvalue weighted by Crippen LogP contribution is 2.26. The summed E-state index contributed by atoms with van der Waals surface area (Å²) < 4.78 is 0. The van der Waals surface area contributed by atoms with Gasteiger partial charge < -0.3 is 15.1 Å². The smallest absolute Gasteiger partial charge is 0.321 e. The van der Waals surface area contributed by atoms with Crippen LogP contribution in [0, 0.1) is 27.7 Å². The monoisotopic (exact) mass is 415 g/mol. The molecule has 0 aliphatic carbocycles. The van der Waals surface area contributed by atoms with Gasteiger partial charge in [-0.1, -0.05) is 48.0 Å². The van der Waals surface area contributed by atoms with E-state index in [0.717, 1.165) is 52.8 Å². The molecular weight excluding hydrogens is 386 g/mol. The highest BCUT2D eigenvalue weighted by molar-refractivity contribution is 5.90. The average molecular weight is 416 g/mol. The zero-order valence-electron chi connectivity index (χ0n) is 18.6. The van der Waals surface area contributed by atoms with E-state index in [0.29, 0.717) is 13.1 Å². The number of piperazine rings is 1. The van der Waals surface area contributed by atoms with Crippen molar-refractivity contribution in [2.45, 2.75) is 27.7 Å². The number of nitrogens with one attached hydrogen (secondary N) is 1. The van der Waals surface area contributed by atoms with Gasteiger partial charge >= 0.3 is 6.03 Å². The normalized spacial score (nSPS) is 13.9. The zero-order chi connectivity index (χ0) is 22.0. The fourth-order valence-corrected chi connectivity index (χ4v) is 3.78. The second-order valence-corrected chi connectivity index (χ2v) is 8.17. The summed E-state index contributed by atoms with van der Waals surface area (Å²) in [4.78, 5) is 26.5. The Morgan fingerprint density at radius 1 is 0.871 bits per heavy atom. The molecule has 0 spiro atoms. The largest absolute Gasteiger partial charge is 0.353 e. The summed E-state index contributed by atoms with van der Waals surface area (Å²) in [6.45, 7) is 11.0. The number of nitrogens with zero attached hydrogens (tertiary/aromatic N) is 4. The summed E-state index contributed by atoms with van der Waals surface area (Å²) in [5, 5.41) is 3.03. The molecule has 31 heavy (non-hydrogen) atoms. The lowest BCUT2D eigenvalue weighted by Crippen LogP contribution is -2.50. The summed E-state index contributed by atoms with van der Waals surface area (Å²) in [5.74, 6) is 1.71. The molecule has 1 saturated heterocycles. The molecule has 2 heterocycles. The summed E-state index contributed by atoms with van der Waals surface area (Å²) in [6.07, 6.45) is 0. The predicted octanol–water partition coefficient (Wildman–Crippen LogP) is 4.73. The van der Waals surface area contributed by atoms with Crippen LogP contribution in [0.5, 0.6) is 0 Å². The van der Waals surface area contributed by atoms with E-state index in [-0.39, 0.29) is 6.03 Å². The van der Waals surface area contributed by atoms with Crippen molar-refractivity contribution in [3.63, 3.8) is 0 Å². The van der Waals surface area contributed by atoms with Gasteiger partial charge in [-0.25, -0.2) is 14.8 Å². The Bertz CT molecular complexity index is 1090. The topological polar surface area (TPSA) is 61.4 Å². The third-order valence-corrected chi connectivity index (χ3v) is 5.93. The van der Waals surface area contributed by atoms with Gasteiger partial charge in [-0.05, 0) is 39.3 Å². The molecule has 0 saturated carbocycles. The number of para-hydroxylation sites is 1. The molecule has 6 heteroatoms. The molecule has 4 rings (SSSR count). The Labute approximate surface area is 183 Å². The Morgan fingerprint density at radius 2 is 1.55 bits per heavy atom. The average Bonchev–Trinajstić information content (AvgIpc) is 2.78. The van der Waals surface area contributed by atoms with Crippen LogP contribution in [0.1, 0.15) is 22.4 Å². The van der Waals surface area contributed by atoms with Crippen molar-refractivity contribution in [1.82, 2.24) is 14.9 Å². The minimum absolute atomic E-state index is 0.0510. The summed E-state index contributed by atoms with van der Waals surface area (Å²) >= 11 is 0. The van der Waals surface area contributed by atoms with Crippen LogP contribution in [0.3, 0.4) is 0 Å². The molecule has 0 bridgehead atoms. The first-order valence-corrected chi connectivity index (χ1v) is 10.7. The molecular formula is C25H29N5O. The molecule has 2 aromatic carbocycles. The molecule has 6 nitrogen and oxygen atoms in total. The van der Waals surface area contributed by atoms with Crippen LogP contribution in [-0.4, -0.2) is 47.1 Å². The number of carbonyl (C=O) groups is 1.